The Morgan fingerprint density at radius 1 is 1.22 bits per heavy atom. The van der Waals surface area contributed by atoms with Gasteiger partial charge in [-0.2, -0.15) is 0 Å². The highest BCUT2D eigenvalue weighted by Gasteiger charge is 2.12. The highest BCUT2D eigenvalue weighted by atomic mass is 79.9. The van der Waals surface area contributed by atoms with E-state index in [1.165, 1.54) is 0 Å². The minimum absolute atomic E-state index is 0.442. The minimum Gasteiger partial charge on any atom is -0.378 e. The molecule has 5 heteroatoms. The fourth-order valence-electron chi connectivity index (χ4n) is 1.61. The van der Waals surface area contributed by atoms with Crippen molar-refractivity contribution in [2.45, 2.75) is 6.61 Å². The molecular formula is C13H14BrN3O. The molecule has 0 radical (unpaired) electrons. The molecule has 0 aliphatic carbocycles. The number of rotatable bonds is 4. The predicted molar refractivity (Wildman–Crippen MR) is 75.4 cm³/mol. The Morgan fingerprint density at radius 3 is 2.56 bits per heavy atom. The van der Waals surface area contributed by atoms with Crippen molar-refractivity contribution in [1.82, 2.24) is 9.97 Å². The Hall–Kier alpha value is -1.46. The number of nitrogens with one attached hydrogen (secondary N) is 1. The summed E-state index contributed by atoms with van der Waals surface area (Å²) in [6, 6.07) is 9.88. The van der Waals surface area contributed by atoms with Crippen LogP contribution in [0.1, 0.15) is 5.69 Å². The summed E-state index contributed by atoms with van der Waals surface area (Å²) < 4.78 is 5.99. The molecule has 2 aromatic rings. The van der Waals surface area contributed by atoms with Crippen molar-refractivity contribution < 1.29 is 4.74 Å². The summed E-state index contributed by atoms with van der Waals surface area (Å²) in [6.45, 7) is 0.442. The molecule has 0 amide bonds. The van der Waals surface area contributed by atoms with E-state index >= 15 is 0 Å². The molecule has 0 bridgehead atoms. The zero-order valence-electron chi connectivity index (χ0n) is 10.3. The zero-order valence-corrected chi connectivity index (χ0v) is 11.9. The molecular weight excluding hydrogens is 294 g/mol. The van der Waals surface area contributed by atoms with E-state index in [0.29, 0.717) is 12.4 Å². The van der Waals surface area contributed by atoms with E-state index in [-0.39, 0.29) is 0 Å². The monoisotopic (exact) mass is 307 g/mol. The first-order valence-corrected chi connectivity index (χ1v) is 6.34. The largest absolute Gasteiger partial charge is 0.378 e. The summed E-state index contributed by atoms with van der Waals surface area (Å²) >= 11 is 3.48. The highest BCUT2D eigenvalue weighted by molar-refractivity contribution is 9.10. The Bertz CT molecular complexity index is 531. The van der Waals surface area contributed by atoms with Gasteiger partial charge in [-0.1, -0.05) is 30.3 Å². The van der Waals surface area contributed by atoms with Gasteiger partial charge in [0.05, 0.1) is 16.8 Å². The first kappa shape index (κ1) is 13.0. The average molecular weight is 308 g/mol. The lowest BCUT2D eigenvalue weighted by atomic mass is 10.2. The van der Waals surface area contributed by atoms with Gasteiger partial charge in [-0.15, -0.1) is 0 Å². The number of methoxy groups -OCH3 is 1. The van der Waals surface area contributed by atoms with Gasteiger partial charge in [-0.3, -0.25) is 0 Å². The van der Waals surface area contributed by atoms with Crippen molar-refractivity contribution in [3.8, 4) is 11.4 Å². The summed E-state index contributed by atoms with van der Waals surface area (Å²) in [7, 11) is 3.48. The zero-order chi connectivity index (χ0) is 13.0. The molecule has 2 rings (SSSR count). The quantitative estimate of drug-likeness (QED) is 0.943. The van der Waals surface area contributed by atoms with Crippen LogP contribution in [0.25, 0.3) is 11.4 Å². The average Bonchev–Trinajstić information content (AvgIpc) is 2.42. The van der Waals surface area contributed by atoms with Crippen LogP contribution in [0.3, 0.4) is 0 Å². The third kappa shape index (κ3) is 2.68. The summed E-state index contributed by atoms with van der Waals surface area (Å²) in [4.78, 5) is 9.00. The molecule has 0 unspecified atom stereocenters. The Morgan fingerprint density at radius 2 is 1.94 bits per heavy atom. The maximum absolute atomic E-state index is 5.15. The molecule has 0 fully saturated rings. The van der Waals surface area contributed by atoms with Gasteiger partial charge in [0, 0.05) is 19.7 Å². The standard InChI is InChI=1S/C13H14BrN3O/c1-15-13-11(14)10(8-18-2)16-12(17-13)9-6-4-3-5-7-9/h3-7H,8H2,1-2H3,(H,15,16,17). The van der Waals surface area contributed by atoms with E-state index in [2.05, 4.69) is 31.2 Å². The van der Waals surface area contributed by atoms with Gasteiger partial charge < -0.3 is 10.1 Å². The van der Waals surface area contributed by atoms with Crippen LogP contribution in [0.2, 0.25) is 0 Å². The SMILES string of the molecule is CNc1nc(-c2ccccc2)nc(COC)c1Br. The predicted octanol–water partition coefficient (Wildman–Crippen LogP) is 3.09. The van der Waals surface area contributed by atoms with Gasteiger partial charge in [0.2, 0.25) is 0 Å². The lowest BCUT2D eigenvalue weighted by Gasteiger charge is -2.10. The molecule has 18 heavy (non-hydrogen) atoms. The molecule has 1 aromatic heterocycles. The van der Waals surface area contributed by atoms with Crippen LogP contribution in [-0.4, -0.2) is 24.1 Å². The van der Waals surface area contributed by atoms with E-state index < -0.39 is 0 Å². The van der Waals surface area contributed by atoms with Crippen molar-refractivity contribution in [2.75, 3.05) is 19.5 Å². The van der Waals surface area contributed by atoms with E-state index in [1.807, 2.05) is 37.4 Å². The summed E-state index contributed by atoms with van der Waals surface area (Å²) in [5, 5.41) is 3.05. The van der Waals surface area contributed by atoms with E-state index in [9.17, 15) is 0 Å². The van der Waals surface area contributed by atoms with Crippen LogP contribution in [0, 0.1) is 0 Å². The molecule has 1 N–H and O–H groups in total. The topological polar surface area (TPSA) is 47.0 Å². The number of halogens is 1. The Labute approximate surface area is 115 Å². The van der Waals surface area contributed by atoms with Crippen LogP contribution in [-0.2, 0) is 11.3 Å². The van der Waals surface area contributed by atoms with Crippen molar-refractivity contribution in [3.63, 3.8) is 0 Å². The number of hydrogen-bond donors (Lipinski definition) is 1. The highest BCUT2D eigenvalue weighted by Crippen LogP contribution is 2.27. The smallest absolute Gasteiger partial charge is 0.161 e. The molecule has 0 spiro atoms. The number of nitrogens with zero attached hydrogens (tertiary/aromatic N) is 2. The van der Waals surface area contributed by atoms with Gasteiger partial charge in [-0.25, -0.2) is 9.97 Å². The molecule has 0 atom stereocenters. The maximum atomic E-state index is 5.15. The van der Waals surface area contributed by atoms with Gasteiger partial charge in [0.1, 0.15) is 5.82 Å². The summed E-state index contributed by atoms with van der Waals surface area (Å²) in [5.74, 6) is 1.45. The number of aromatic nitrogens is 2. The van der Waals surface area contributed by atoms with E-state index in [0.717, 1.165) is 21.5 Å². The summed E-state index contributed by atoms with van der Waals surface area (Å²) in [5.41, 5.74) is 1.81. The molecule has 0 saturated heterocycles. The molecule has 4 nitrogen and oxygen atoms in total. The van der Waals surface area contributed by atoms with Crippen molar-refractivity contribution >= 4 is 21.7 Å². The second kappa shape index (κ2) is 5.93. The van der Waals surface area contributed by atoms with Crippen LogP contribution in [0.15, 0.2) is 34.8 Å². The van der Waals surface area contributed by atoms with Gasteiger partial charge in [0.25, 0.3) is 0 Å². The second-order valence-electron chi connectivity index (χ2n) is 3.71. The first-order chi connectivity index (χ1) is 8.76. The molecule has 94 valence electrons. The number of benzene rings is 1. The lowest BCUT2D eigenvalue weighted by molar-refractivity contribution is 0.181. The van der Waals surface area contributed by atoms with Gasteiger partial charge in [-0.05, 0) is 15.9 Å². The van der Waals surface area contributed by atoms with Crippen molar-refractivity contribution in [1.29, 1.82) is 0 Å². The fourth-order valence-corrected chi connectivity index (χ4v) is 2.10. The van der Waals surface area contributed by atoms with Crippen LogP contribution in [0.4, 0.5) is 5.82 Å². The second-order valence-corrected chi connectivity index (χ2v) is 4.50. The number of hydrogen-bond acceptors (Lipinski definition) is 4. The summed E-state index contributed by atoms with van der Waals surface area (Å²) in [6.07, 6.45) is 0. The van der Waals surface area contributed by atoms with Gasteiger partial charge >= 0.3 is 0 Å². The van der Waals surface area contributed by atoms with Crippen LogP contribution in [0.5, 0.6) is 0 Å². The van der Waals surface area contributed by atoms with Gasteiger partial charge in [0.15, 0.2) is 5.82 Å². The third-order valence-corrected chi connectivity index (χ3v) is 3.30. The maximum Gasteiger partial charge on any atom is 0.161 e. The van der Waals surface area contributed by atoms with Crippen molar-refractivity contribution in [2.24, 2.45) is 0 Å². The molecule has 1 heterocycles. The fraction of sp³-hybridized carbons (Fsp3) is 0.231. The molecule has 1 aromatic carbocycles. The molecule has 0 aliphatic rings. The number of ether oxygens (including phenoxy) is 1. The molecule has 0 saturated carbocycles. The van der Waals surface area contributed by atoms with E-state index in [4.69, 9.17) is 4.74 Å². The third-order valence-electron chi connectivity index (χ3n) is 2.47. The lowest BCUT2D eigenvalue weighted by Crippen LogP contribution is -2.04. The first-order valence-electron chi connectivity index (χ1n) is 5.54. The minimum atomic E-state index is 0.442. The van der Waals surface area contributed by atoms with E-state index in [1.54, 1.807) is 7.11 Å². The van der Waals surface area contributed by atoms with Crippen molar-refractivity contribution in [3.05, 3.63) is 40.5 Å². The Balaban J connectivity index is 2.52. The van der Waals surface area contributed by atoms with Crippen LogP contribution >= 0.6 is 15.9 Å². The molecule has 0 aliphatic heterocycles. The Kier molecular flexibility index (Phi) is 4.28. The normalized spacial score (nSPS) is 10.4. The van der Waals surface area contributed by atoms with Crippen LogP contribution < -0.4 is 5.32 Å². The number of anilines is 1.